The van der Waals surface area contributed by atoms with Crippen LogP contribution in [0.1, 0.15) is 21.8 Å². The maximum Gasteiger partial charge on any atom is 0.416 e. The van der Waals surface area contributed by atoms with E-state index in [0.29, 0.717) is 16.4 Å². The number of aromatic nitrogens is 4. The van der Waals surface area contributed by atoms with E-state index in [-0.39, 0.29) is 17.7 Å². The van der Waals surface area contributed by atoms with Crippen molar-refractivity contribution in [1.82, 2.24) is 19.9 Å². The lowest BCUT2D eigenvalue weighted by Gasteiger charge is -2.10. The van der Waals surface area contributed by atoms with Gasteiger partial charge in [0.05, 0.1) is 5.56 Å². The third kappa shape index (κ3) is 6.77. The van der Waals surface area contributed by atoms with Gasteiger partial charge in [0.1, 0.15) is 7.14 Å². The highest BCUT2D eigenvalue weighted by atomic mass is 32.1. The highest BCUT2D eigenvalue weighted by Gasteiger charge is 2.30. The van der Waals surface area contributed by atoms with Crippen molar-refractivity contribution in [2.45, 2.75) is 13.1 Å². The molecule has 0 saturated heterocycles. The van der Waals surface area contributed by atoms with Crippen LogP contribution in [0.4, 0.5) is 35.9 Å². The molecule has 2 heterocycles. The normalized spacial score (nSPS) is 12.2. The van der Waals surface area contributed by atoms with E-state index in [1.165, 1.54) is 29.6 Å². The van der Waals surface area contributed by atoms with Gasteiger partial charge in [-0.2, -0.15) is 28.1 Å². The van der Waals surface area contributed by atoms with Gasteiger partial charge in [-0.05, 0) is 68.3 Å². The second-order valence-electron chi connectivity index (χ2n) is 8.22. The fourth-order valence-corrected chi connectivity index (χ4v) is 4.63. The number of benzene rings is 2. The number of nitrogens with zero attached hydrogens (tertiary/aromatic N) is 4. The van der Waals surface area contributed by atoms with Crippen LogP contribution in [0.3, 0.4) is 0 Å². The van der Waals surface area contributed by atoms with Gasteiger partial charge in [0.25, 0.3) is 0 Å². The molecule has 4 rings (SSSR count). The standard InChI is InChI=1S/C24H22F3N6OPS/c1-15-14-28-23(36-15)33-22-31-20(12-7-16-5-4-6-17(13-16)24(25,26)27)30-21(32-22)29-18-8-10-19(11-9-18)35(2,3)34/h4-14H,1-3H3,(H2,28,29,30,31,32,33)/b12-7+. The van der Waals surface area contributed by atoms with E-state index in [1.807, 2.05) is 6.92 Å². The second kappa shape index (κ2) is 10.2. The summed E-state index contributed by atoms with van der Waals surface area (Å²) in [6, 6.07) is 12.1. The van der Waals surface area contributed by atoms with Crippen molar-refractivity contribution in [1.29, 1.82) is 0 Å². The SMILES string of the molecule is Cc1cnc(Nc2nc(/C=C/c3cccc(C(F)(F)F)c3)nc(Nc3ccc(P(C)(C)=O)cc3)n2)s1. The molecular weight excluding hydrogens is 508 g/mol. The molecule has 0 atom stereocenters. The van der Waals surface area contributed by atoms with Crippen molar-refractivity contribution in [2.75, 3.05) is 24.0 Å². The zero-order chi connectivity index (χ0) is 25.9. The molecule has 0 amide bonds. The Morgan fingerprint density at radius 1 is 0.944 bits per heavy atom. The van der Waals surface area contributed by atoms with Gasteiger partial charge < -0.3 is 9.88 Å². The molecule has 2 N–H and O–H groups in total. The van der Waals surface area contributed by atoms with Crippen LogP contribution in [0.25, 0.3) is 12.2 Å². The fourth-order valence-electron chi connectivity index (χ4n) is 3.11. The first-order valence-corrected chi connectivity index (χ1v) is 14.1. The van der Waals surface area contributed by atoms with Crippen LogP contribution in [0.15, 0.2) is 54.7 Å². The molecule has 0 aliphatic rings. The third-order valence-electron chi connectivity index (χ3n) is 4.88. The molecule has 12 heteroatoms. The Labute approximate surface area is 210 Å². The minimum absolute atomic E-state index is 0.216. The third-order valence-corrected chi connectivity index (χ3v) is 7.25. The first-order chi connectivity index (χ1) is 17.0. The number of hydrogen-bond donors (Lipinski definition) is 2. The fraction of sp³-hybridized carbons (Fsp3) is 0.167. The lowest BCUT2D eigenvalue weighted by molar-refractivity contribution is -0.137. The molecule has 36 heavy (non-hydrogen) atoms. The van der Waals surface area contributed by atoms with Crippen molar-refractivity contribution in [2.24, 2.45) is 0 Å². The van der Waals surface area contributed by atoms with Crippen LogP contribution in [-0.2, 0) is 10.7 Å². The average molecular weight is 531 g/mol. The molecular formula is C24H22F3N6OPS. The van der Waals surface area contributed by atoms with Crippen LogP contribution in [0.2, 0.25) is 0 Å². The first-order valence-electron chi connectivity index (χ1n) is 10.7. The number of aryl methyl sites for hydroxylation is 1. The van der Waals surface area contributed by atoms with E-state index in [2.05, 4.69) is 30.6 Å². The average Bonchev–Trinajstić information content (AvgIpc) is 3.21. The summed E-state index contributed by atoms with van der Waals surface area (Å²) >= 11 is 1.42. The highest BCUT2D eigenvalue weighted by molar-refractivity contribution is 7.70. The molecule has 4 aromatic rings. The Balaban J connectivity index is 1.64. The van der Waals surface area contributed by atoms with E-state index in [1.54, 1.807) is 49.9 Å². The Hall–Kier alpha value is -3.56. The van der Waals surface area contributed by atoms with E-state index in [9.17, 15) is 17.7 Å². The lowest BCUT2D eigenvalue weighted by Crippen LogP contribution is -2.07. The number of hydrogen-bond acceptors (Lipinski definition) is 8. The van der Waals surface area contributed by atoms with Crippen molar-refractivity contribution in [3.63, 3.8) is 0 Å². The predicted molar refractivity (Wildman–Crippen MR) is 139 cm³/mol. The van der Waals surface area contributed by atoms with Crippen LogP contribution in [0.5, 0.6) is 0 Å². The topological polar surface area (TPSA) is 92.7 Å². The summed E-state index contributed by atoms with van der Waals surface area (Å²) in [5, 5.41) is 7.45. The van der Waals surface area contributed by atoms with E-state index in [4.69, 9.17) is 0 Å². The smallest absolute Gasteiger partial charge is 0.324 e. The van der Waals surface area contributed by atoms with Gasteiger partial charge in [0.15, 0.2) is 11.0 Å². The van der Waals surface area contributed by atoms with Gasteiger partial charge in [-0.25, -0.2) is 4.98 Å². The maximum absolute atomic E-state index is 13.0. The summed E-state index contributed by atoms with van der Waals surface area (Å²) in [6.07, 6.45) is 0.286. The first kappa shape index (κ1) is 25.5. The monoisotopic (exact) mass is 530 g/mol. The Morgan fingerprint density at radius 2 is 1.64 bits per heavy atom. The number of rotatable bonds is 7. The van der Waals surface area contributed by atoms with E-state index in [0.717, 1.165) is 22.3 Å². The molecule has 0 fully saturated rings. The summed E-state index contributed by atoms with van der Waals surface area (Å²) in [6.45, 7) is 5.31. The highest BCUT2D eigenvalue weighted by Crippen LogP contribution is 2.35. The summed E-state index contributed by atoms with van der Waals surface area (Å²) < 4.78 is 51.4. The van der Waals surface area contributed by atoms with Crippen LogP contribution >= 0.6 is 18.5 Å². The van der Waals surface area contributed by atoms with Crippen molar-refractivity contribution in [3.05, 3.63) is 76.6 Å². The summed E-state index contributed by atoms with van der Waals surface area (Å²) in [5.74, 6) is 0.658. The molecule has 0 unspecified atom stereocenters. The molecule has 2 aromatic heterocycles. The Morgan fingerprint density at radius 3 is 2.25 bits per heavy atom. The molecule has 0 radical (unpaired) electrons. The molecule has 7 nitrogen and oxygen atoms in total. The van der Waals surface area contributed by atoms with E-state index >= 15 is 0 Å². The maximum atomic E-state index is 13.0. The van der Waals surface area contributed by atoms with Gasteiger partial charge in [-0.15, -0.1) is 11.3 Å². The van der Waals surface area contributed by atoms with Crippen LogP contribution < -0.4 is 15.9 Å². The quantitative estimate of drug-likeness (QED) is 0.261. The second-order valence-corrected chi connectivity index (χ2v) is 12.7. The van der Waals surface area contributed by atoms with Crippen molar-refractivity contribution in [3.8, 4) is 0 Å². The van der Waals surface area contributed by atoms with Crippen LogP contribution in [-0.4, -0.2) is 33.3 Å². The molecule has 0 spiro atoms. The van der Waals surface area contributed by atoms with Gasteiger partial charge in [-0.3, -0.25) is 5.32 Å². The zero-order valence-corrected chi connectivity index (χ0v) is 21.2. The summed E-state index contributed by atoms with van der Waals surface area (Å²) in [5.41, 5.74) is 0.280. The van der Waals surface area contributed by atoms with Gasteiger partial charge >= 0.3 is 6.18 Å². The predicted octanol–water partition coefficient (Wildman–Crippen LogP) is 6.56. The largest absolute Gasteiger partial charge is 0.416 e. The number of anilines is 4. The molecule has 0 aliphatic heterocycles. The lowest BCUT2D eigenvalue weighted by atomic mass is 10.1. The number of halogens is 3. The number of alkyl halides is 3. The molecule has 186 valence electrons. The van der Waals surface area contributed by atoms with Gasteiger partial charge in [-0.1, -0.05) is 18.2 Å². The molecule has 2 aromatic carbocycles. The number of nitrogens with one attached hydrogen (secondary N) is 2. The molecule has 0 aliphatic carbocycles. The Kier molecular flexibility index (Phi) is 7.23. The van der Waals surface area contributed by atoms with Crippen LogP contribution in [0, 0.1) is 6.92 Å². The van der Waals surface area contributed by atoms with Crippen molar-refractivity contribution < 1.29 is 17.7 Å². The summed E-state index contributed by atoms with van der Waals surface area (Å²) in [4.78, 5) is 18.4. The van der Waals surface area contributed by atoms with Gasteiger partial charge in [0, 0.05) is 22.1 Å². The zero-order valence-electron chi connectivity index (χ0n) is 19.5. The number of thiazole rings is 1. The van der Waals surface area contributed by atoms with E-state index < -0.39 is 18.9 Å². The summed E-state index contributed by atoms with van der Waals surface area (Å²) in [7, 11) is -2.39. The molecule has 0 saturated carbocycles. The Bertz CT molecular complexity index is 1450. The minimum Gasteiger partial charge on any atom is -0.324 e. The van der Waals surface area contributed by atoms with Crippen molar-refractivity contribution >= 4 is 58.7 Å². The molecule has 0 bridgehead atoms. The minimum atomic E-state index is -4.43. The van der Waals surface area contributed by atoms with Gasteiger partial charge in [0.2, 0.25) is 11.9 Å².